The molecule has 1 unspecified atom stereocenters. The summed E-state index contributed by atoms with van der Waals surface area (Å²) in [6.07, 6.45) is 1.72. The largest absolute Gasteiger partial charge is 0.347 e. The second kappa shape index (κ2) is 6.18. The van der Waals surface area contributed by atoms with Gasteiger partial charge in [0.2, 0.25) is 10.1 Å². The molecule has 0 radical (unpaired) electrons. The Morgan fingerprint density at radius 1 is 1.45 bits per heavy atom. The summed E-state index contributed by atoms with van der Waals surface area (Å²) in [5.74, 6) is 0. The van der Waals surface area contributed by atoms with Crippen molar-refractivity contribution in [3.63, 3.8) is 0 Å². The third kappa shape index (κ3) is 2.91. The van der Waals surface area contributed by atoms with E-state index in [0.717, 1.165) is 23.7 Å². The summed E-state index contributed by atoms with van der Waals surface area (Å²) in [6.45, 7) is 4.16. The monoisotopic (exact) mass is 334 g/mol. The fraction of sp³-hybridized carbons (Fsp3) is 0.400. The Hall–Kier alpha value is -1.73. The maximum atomic E-state index is 12.1. The molecule has 7 heteroatoms. The molecule has 0 spiro atoms. The van der Waals surface area contributed by atoms with Gasteiger partial charge in [-0.1, -0.05) is 24.3 Å². The molecule has 22 heavy (non-hydrogen) atoms. The van der Waals surface area contributed by atoms with Gasteiger partial charge in [-0.15, -0.1) is 16.4 Å². The quantitative estimate of drug-likeness (QED) is 0.720. The SMILES string of the molecule is CCc1cc(=O)n2nc(N(C)C(C)Cc3cccs3)sc2n1. The summed E-state index contributed by atoms with van der Waals surface area (Å²) < 4.78 is 1.40. The molecule has 3 aromatic heterocycles. The van der Waals surface area contributed by atoms with Crippen LogP contribution in [0.25, 0.3) is 4.96 Å². The summed E-state index contributed by atoms with van der Waals surface area (Å²) in [7, 11) is 2.02. The molecule has 1 atom stereocenters. The molecule has 0 saturated carbocycles. The smallest absolute Gasteiger partial charge is 0.275 e. The van der Waals surface area contributed by atoms with E-state index < -0.39 is 0 Å². The van der Waals surface area contributed by atoms with Crippen LogP contribution < -0.4 is 10.5 Å². The van der Waals surface area contributed by atoms with Crippen molar-refractivity contribution in [2.24, 2.45) is 0 Å². The van der Waals surface area contributed by atoms with Gasteiger partial charge in [-0.3, -0.25) is 4.79 Å². The van der Waals surface area contributed by atoms with Crippen molar-refractivity contribution < 1.29 is 0 Å². The van der Waals surface area contributed by atoms with Gasteiger partial charge >= 0.3 is 0 Å². The fourth-order valence-electron chi connectivity index (χ4n) is 2.22. The predicted molar refractivity (Wildman–Crippen MR) is 92.4 cm³/mol. The van der Waals surface area contributed by atoms with Gasteiger partial charge in [0.25, 0.3) is 5.56 Å². The van der Waals surface area contributed by atoms with E-state index in [9.17, 15) is 4.79 Å². The van der Waals surface area contributed by atoms with Gasteiger partial charge in [-0.25, -0.2) is 4.98 Å². The van der Waals surface area contributed by atoms with Crippen LogP contribution in [0, 0.1) is 0 Å². The number of hydrogen-bond acceptors (Lipinski definition) is 6. The second-order valence-electron chi connectivity index (χ2n) is 5.26. The lowest BCUT2D eigenvalue weighted by molar-refractivity contribution is 0.678. The first-order valence-electron chi connectivity index (χ1n) is 7.23. The second-order valence-corrected chi connectivity index (χ2v) is 7.23. The van der Waals surface area contributed by atoms with Crippen molar-refractivity contribution >= 4 is 32.8 Å². The number of thiophene rings is 1. The molecule has 3 aromatic rings. The van der Waals surface area contributed by atoms with Crippen molar-refractivity contribution in [2.45, 2.75) is 32.7 Å². The molecule has 0 aliphatic carbocycles. The zero-order valence-electron chi connectivity index (χ0n) is 12.8. The molecule has 3 heterocycles. The number of likely N-dealkylation sites (N-methyl/N-ethyl adjacent to an activating group) is 1. The minimum absolute atomic E-state index is 0.108. The maximum Gasteiger partial charge on any atom is 0.275 e. The Morgan fingerprint density at radius 2 is 2.27 bits per heavy atom. The highest BCUT2D eigenvalue weighted by Gasteiger charge is 2.17. The molecule has 0 fully saturated rings. The van der Waals surface area contributed by atoms with Crippen LogP contribution in [0.4, 0.5) is 5.13 Å². The van der Waals surface area contributed by atoms with Crippen molar-refractivity contribution in [3.8, 4) is 0 Å². The Labute approximate surface area is 136 Å². The van der Waals surface area contributed by atoms with E-state index in [0.29, 0.717) is 11.0 Å². The number of fused-ring (bicyclic) bond motifs is 1. The molecule has 0 N–H and O–H groups in total. The van der Waals surface area contributed by atoms with Gasteiger partial charge in [0.15, 0.2) is 0 Å². The minimum atomic E-state index is -0.108. The van der Waals surface area contributed by atoms with E-state index in [1.54, 1.807) is 17.4 Å². The first kappa shape index (κ1) is 15.2. The highest BCUT2D eigenvalue weighted by Crippen LogP contribution is 2.24. The Morgan fingerprint density at radius 3 is 2.95 bits per heavy atom. The summed E-state index contributed by atoms with van der Waals surface area (Å²) >= 11 is 3.23. The Balaban J connectivity index is 1.89. The van der Waals surface area contributed by atoms with Crippen LogP contribution in [-0.2, 0) is 12.8 Å². The van der Waals surface area contributed by atoms with E-state index in [1.165, 1.54) is 20.7 Å². The molecule has 0 saturated heterocycles. The van der Waals surface area contributed by atoms with E-state index in [4.69, 9.17) is 0 Å². The van der Waals surface area contributed by atoms with E-state index >= 15 is 0 Å². The summed E-state index contributed by atoms with van der Waals surface area (Å²) in [5, 5.41) is 7.34. The number of aryl methyl sites for hydroxylation is 1. The zero-order valence-corrected chi connectivity index (χ0v) is 14.4. The molecule has 5 nitrogen and oxygen atoms in total. The van der Waals surface area contributed by atoms with Crippen LogP contribution in [0.1, 0.15) is 24.4 Å². The normalized spacial score (nSPS) is 12.7. The van der Waals surface area contributed by atoms with Crippen LogP contribution in [-0.4, -0.2) is 27.7 Å². The third-order valence-electron chi connectivity index (χ3n) is 3.69. The maximum absolute atomic E-state index is 12.1. The number of anilines is 1. The first-order chi connectivity index (χ1) is 10.6. The van der Waals surface area contributed by atoms with Gasteiger partial charge in [-0.2, -0.15) is 4.52 Å². The molecule has 116 valence electrons. The average Bonchev–Trinajstić information content (AvgIpc) is 3.15. The van der Waals surface area contributed by atoms with Crippen LogP contribution in [0.5, 0.6) is 0 Å². The van der Waals surface area contributed by atoms with Crippen LogP contribution >= 0.6 is 22.7 Å². The Bertz CT molecular complexity index is 822. The summed E-state index contributed by atoms with van der Waals surface area (Å²) in [4.78, 5) is 20.7. The molecule has 3 rings (SSSR count). The van der Waals surface area contributed by atoms with Gasteiger partial charge in [-0.05, 0) is 24.8 Å². The van der Waals surface area contributed by atoms with Crippen LogP contribution in [0.3, 0.4) is 0 Å². The zero-order chi connectivity index (χ0) is 15.7. The highest BCUT2D eigenvalue weighted by atomic mass is 32.1. The molecule has 0 amide bonds. The van der Waals surface area contributed by atoms with Crippen molar-refractivity contribution in [3.05, 3.63) is 44.5 Å². The average molecular weight is 334 g/mol. The number of hydrogen-bond donors (Lipinski definition) is 0. The fourth-order valence-corrected chi connectivity index (χ4v) is 4.03. The number of aromatic nitrogens is 3. The molecular weight excluding hydrogens is 316 g/mol. The van der Waals surface area contributed by atoms with Gasteiger partial charge in [0.05, 0.1) is 0 Å². The molecule has 0 aliphatic rings. The molecule has 0 aromatic carbocycles. The molecule has 0 bridgehead atoms. The lowest BCUT2D eigenvalue weighted by Crippen LogP contribution is -2.30. The summed E-state index contributed by atoms with van der Waals surface area (Å²) in [5.41, 5.74) is 0.707. The molecular formula is C15H18N4OS2. The Kier molecular flexibility index (Phi) is 4.26. The van der Waals surface area contributed by atoms with E-state index in [-0.39, 0.29) is 5.56 Å². The number of nitrogens with zero attached hydrogens (tertiary/aromatic N) is 4. The molecule has 0 aliphatic heterocycles. The topological polar surface area (TPSA) is 50.5 Å². The predicted octanol–water partition coefficient (Wildman–Crippen LogP) is 2.84. The number of rotatable bonds is 5. The third-order valence-corrected chi connectivity index (χ3v) is 5.59. The van der Waals surface area contributed by atoms with E-state index in [2.05, 4.69) is 39.4 Å². The van der Waals surface area contributed by atoms with Gasteiger partial charge in [0, 0.05) is 36.1 Å². The lowest BCUT2D eigenvalue weighted by atomic mass is 10.2. The van der Waals surface area contributed by atoms with E-state index in [1.807, 2.05) is 14.0 Å². The van der Waals surface area contributed by atoms with Crippen molar-refractivity contribution in [1.29, 1.82) is 0 Å². The standard InChI is InChI=1S/C15H18N4OS2/c1-4-11-9-13(20)19-14(16-11)22-15(17-19)18(3)10(2)8-12-6-5-7-21-12/h5-7,9-10H,4,8H2,1-3H3. The van der Waals surface area contributed by atoms with Crippen molar-refractivity contribution in [1.82, 2.24) is 14.6 Å². The van der Waals surface area contributed by atoms with Gasteiger partial charge < -0.3 is 4.90 Å². The minimum Gasteiger partial charge on any atom is -0.347 e. The van der Waals surface area contributed by atoms with Gasteiger partial charge in [0.1, 0.15) is 0 Å². The van der Waals surface area contributed by atoms with Crippen LogP contribution in [0.2, 0.25) is 0 Å². The first-order valence-corrected chi connectivity index (χ1v) is 8.93. The van der Waals surface area contributed by atoms with Crippen molar-refractivity contribution in [2.75, 3.05) is 11.9 Å². The summed E-state index contributed by atoms with van der Waals surface area (Å²) in [6, 6.07) is 6.08. The lowest BCUT2D eigenvalue weighted by Gasteiger charge is -2.23. The van der Waals surface area contributed by atoms with Crippen LogP contribution in [0.15, 0.2) is 28.4 Å². The highest BCUT2D eigenvalue weighted by molar-refractivity contribution is 7.20.